The van der Waals surface area contributed by atoms with Gasteiger partial charge in [-0.2, -0.15) is 26.3 Å². The van der Waals surface area contributed by atoms with Crippen molar-refractivity contribution in [1.29, 1.82) is 0 Å². The number of carboxylic acids is 2. The molecule has 2 fully saturated rings. The van der Waals surface area contributed by atoms with E-state index in [4.69, 9.17) is 24.5 Å². The lowest BCUT2D eigenvalue weighted by Gasteiger charge is -2.39. The summed E-state index contributed by atoms with van der Waals surface area (Å²) in [6.45, 7) is 5.70. The molecule has 2 saturated heterocycles. The summed E-state index contributed by atoms with van der Waals surface area (Å²) in [7, 11) is 2.20. The number of halogens is 6. The minimum absolute atomic E-state index is 0.0262. The van der Waals surface area contributed by atoms with Crippen molar-refractivity contribution in [2.45, 2.75) is 56.7 Å². The van der Waals surface area contributed by atoms with E-state index >= 15 is 0 Å². The minimum atomic E-state index is -5.08. The molecule has 10 nitrogen and oxygen atoms in total. The van der Waals surface area contributed by atoms with Crippen molar-refractivity contribution in [3.8, 4) is 0 Å². The largest absolute Gasteiger partial charge is 0.490 e. The molecule has 2 aliphatic heterocycles. The summed E-state index contributed by atoms with van der Waals surface area (Å²) in [6.07, 6.45) is 0.536. The lowest BCUT2D eigenvalue weighted by atomic mass is 9.87. The predicted molar refractivity (Wildman–Crippen MR) is 128 cm³/mol. The van der Waals surface area contributed by atoms with Gasteiger partial charge in [-0.15, -0.1) is 0 Å². The topological polar surface area (TPSA) is 129 Å². The van der Waals surface area contributed by atoms with Crippen LogP contribution in [0.4, 0.5) is 32.3 Å². The van der Waals surface area contributed by atoms with Crippen LogP contribution in [0.3, 0.4) is 0 Å². The highest BCUT2D eigenvalue weighted by Crippen LogP contribution is 2.38. The lowest BCUT2D eigenvalue weighted by molar-refractivity contribution is -0.193. The monoisotopic (exact) mass is 581 g/mol. The van der Waals surface area contributed by atoms with Gasteiger partial charge < -0.3 is 19.8 Å². The maximum absolute atomic E-state index is 10.6. The number of anilines is 1. The van der Waals surface area contributed by atoms with Gasteiger partial charge in [-0.1, -0.05) is 0 Å². The number of alkyl halides is 6. The van der Waals surface area contributed by atoms with E-state index in [1.807, 2.05) is 31.7 Å². The molecule has 4 rings (SSSR count). The molecule has 0 radical (unpaired) electrons. The first-order valence-electron chi connectivity index (χ1n) is 11.9. The Morgan fingerprint density at radius 1 is 1.02 bits per heavy atom. The summed E-state index contributed by atoms with van der Waals surface area (Å²) in [5.41, 5.74) is 2.43. The van der Waals surface area contributed by atoms with Crippen molar-refractivity contribution in [3.05, 3.63) is 48.0 Å². The Morgan fingerprint density at radius 2 is 1.50 bits per heavy atom. The number of carbonyl (C=O) groups is 2. The Bertz CT molecular complexity index is 1070. The number of likely N-dealkylation sites (N-methyl/N-ethyl adjacent to an activating group) is 1. The zero-order valence-corrected chi connectivity index (χ0v) is 21.6. The summed E-state index contributed by atoms with van der Waals surface area (Å²) in [4.78, 5) is 35.5. The third kappa shape index (κ3) is 10.2. The molecule has 0 bridgehead atoms. The van der Waals surface area contributed by atoms with Crippen molar-refractivity contribution < 1.29 is 50.9 Å². The second-order valence-corrected chi connectivity index (χ2v) is 9.28. The zero-order valence-electron chi connectivity index (χ0n) is 21.6. The highest BCUT2D eigenvalue weighted by atomic mass is 19.4. The highest BCUT2D eigenvalue weighted by molar-refractivity contribution is 5.73. The molecule has 16 heteroatoms. The standard InChI is InChI=1S/C20H27N5O.2C2HF3O2/c1-16-12-22-19(23-13-16)25-9-5-20(6-10-25)11-18(15-26-20)24(2)14-17-3-7-21-8-4-17;2*3-2(4,5)1(6)7/h3-4,7-8,12-13,18H,5-6,9-11,14-15H2,1-2H3;2*(H,6,7). The van der Waals surface area contributed by atoms with E-state index in [-0.39, 0.29) is 5.60 Å². The molecule has 0 aromatic carbocycles. The quantitative estimate of drug-likeness (QED) is 0.516. The number of carboxylic acid groups (broad SMARTS) is 2. The lowest BCUT2D eigenvalue weighted by Crippen LogP contribution is -2.45. The van der Waals surface area contributed by atoms with Crippen molar-refractivity contribution >= 4 is 17.9 Å². The molecule has 1 spiro atoms. The maximum Gasteiger partial charge on any atom is 0.490 e. The fourth-order valence-electron chi connectivity index (χ4n) is 4.02. The minimum Gasteiger partial charge on any atom is -0.475 e. The summed E-state index contributed by atoms with van der Waals surface area (Å²) in [5, 5.41) is 14.2. The van der Waals surface area contributed by atoms with Gasteiger partial charge in [0.25, 0.3) is 0 Å². The molecular formula is C24H29F6N5O5. The van der Waals surface area contributed by atoms with Gasteiger partial charge >= 0.3 is 24.3 Å². The van der Waals surface area contributed by atoms with Crippen molar-refractivity contribution in [3.63, 3.8) is 0 Å². The maximum atomic E-state index is 10.6. The Hall–Kier alpha value is -3.53. The van der Waals surface area contributed by atoms with E-state index in [0.29, 0.717) is 6.04 Å². The smallest absolute Gasteiger partial charge is 0.475 e. The van der Waals surface area contributed by atoms with E-state index in [1.54, 1.807) is 0 Å². The molecular weight excluding hydrogens is 552 g/mol. The molecule has 1 atom stereocenters. The van der Waals surface area contributed by atoms with Crippen LogP contribution in [-0.2, 0) is 20.9 Å². The predicted octanol–water partition coefficient (Wildman–Crippen LogP) is 3.71. The van der Waals surface area contributed by atoms with Crippen LogP contribution in [0.25, 0.3) is 0 Å². The van der Waals surface area contributed by atoms with Gasteiger partial charge in [0.15, 0.2) is 0 Å². The number of pyridine rings is 1. The first-order valence-corrected chi connectivity index (χ1v) is 11.9. The molecule has 40 heavy (non-hydrogen) atoms. The van der Waals surface area contributed by atoms with Crippen molar-refractivity contribution in [1.82, 2.24) is 19.9 Å². The number of hydrogen-bond acceptors (Lipinski definition) is 8. The Morgan fingerprint density at radius 3 is 1.95 bits per heavy atom. The molecule has 0 saturated carbocycles. The van der Waals surface area contributed by atoms with Crippen molar-refractivity contribution in [2.75, 3.05) is 31.6 Å². The molecule has 0 amide bonds. The van der Waals surface area contributed by atoms with E-state index in [0.717, 1.165) is 57.0 Å². The number of aliphatic carboxylic acids is 2. The third-order valence-electron chi connectivity index (χ3n) is 6.20. The van der Waals surface area contributed by atoms with E-state index < -0.39 is 24.3 Å². The van der Waals surface area contributed by atoms with Crippen LogP contribution in [0.2, 0.25) is 0 Å². The van der Waals surface area contributed by atoms with Crippen LogP contribution in [0.15, 0.2) is 36.9 Å². The second-order valence-electron chi connectivity index (χ2n) is 9.28. The second kappa shape index (κ2) is 13.7. The van der Waals surface area contributed by atoms with Gasteiger partial charge in [0.05, 0.1) is 12.2 Å². The Balaban J connectivity index is 0.000000333. The summed E-state index contributed by atoms with van der Waals surface area (Å²) in [5.74, 6) is -4.67. The van der Waals surface area contributed by atoms with Crippen LogP contribution < -0.4 is 4.90 Å². The van der Waals surface area contributed by atoms with Gasteiger partial charge in [0.1, 0.15) is 0 Å². The first-order chi connectivity index (χ1) is 18.5. The summed E-state index contributed by atoms with van der Waals surface area (Å²) >= 11 is 0. The number of nitrogens with zero attached hydrogens (tertiary/aromatic N) is 5. The SMILES string of the molecule is Cc1cnc(N2CCC3(CC2)CC(N(C)Cc2ccncc2)CO3)nc1.O=C(O)C(F)(F)F.O=C(O)C(F)(F)F. The Kier molecular flexibility index (Phi) is 11.2. The number of piperidine rings is 1. The van der Waals surface area contributed by atoms with Gasteiger partial charge in [-0.25, -0.2) is 19.6 Å². The van der Waals surface area contributed by atoms with Crippen LogP contribution in [0.5, 0.6) is 0 Å². The molecule has 4 heterocycles. The van der Waals surface area contributed by atoms with Gasteiger partial charge in [-0.05, 0) is 56.5 Å². The molecule has 0 aliphatic carbocycles. The number of ether oxygens (including phenoxy) is 1. The van der Waals surface area contributed by atoms with E-state index in [9.17, 15) is 26.3 Å². The Labute approximate surface area is 225 Å². The average molecular weight is 582 g/mol. The van der Waals surface area contributed by atoms with Crippen LogP contribution >= 0.6 is 0 Å². The fourth-order valence-corrected chi connectivity index (χ4v) is 4.02. The molecule has 2 aliphatic rings. The van der Waals surface area contributed by atoms with Crippen LogP contribution in [0, 0.1) is 6.92 Å². The summed E-state index contributed by atoms with van der Waals surface area (Å²) in [6, 6.07) is 4.65. The van der Waals surface area contributed by atoms with Crippen LogP contribution in [-0.4, -0.2) is 92.7 Å². The van der Waals surface area contributed by atoms with Crippen LogP contribution in [0.1, 0.15) is 30.4 Å². The first kappa shape index (κ1) is 32.7. The number of rotatable bonds is 4. The molecule has 2 aromatic rings. The van der Waals surface area contributed by atoms with Crippen molar-refractivity contribution in [2.24, 2.45) is 0 Å². The highest BCUT2D eigenvalue weighted by Gasteiger charge is 2.44. The molecule has 222 valence electrons. The van der Waals surface area contributed by atoms with E-state index in [1.165, 1.54) is 5.56 Å². The normalized spacial score (nSPS) is 18.4. The molecule has 2 aromatic heterocycles. The van der Waals surface area contributed by atoms with Gasteiger partial charge in [-0.3, -0.25) is 9.88 Å². The number of aryl methyl sites for hydroxylation is 1. The summed E-state index contributed by atoms with van der Waals surface area (Å²) < 4.78 is 69.8. The van der Waals surface area contributed by atoms with Gasteiger partial charge in [0, 0.05) is 50.5 Å². The molecule has 2 N–H and O–H groups in total. The average Bonchev–Trinajstić information content (AvgIpc) is 3.29. The fraction of sp³-hybridized carbons (Fsp3) is 0.542. The number of aromatic nitrogens is 3. The number of hydrogen-bond donors (Lipinski definition) is 2. The third-order valence-corrected chi connectivity index (χ3v) is 6.20. The van der Waals surface area contributed by atoms with E-state index in [2.05, 4.69) is 43.9 Å². The zero-order chi connectivity index (χ0) is 30.1. The van der Waals surface area contributed by atoms with Gasteiger partial charge in [0.2, 0.25) is 5.95 Å². The molecule has 1 unspecified atom stereocenters.